The zero-order valence-electron chi connectivity index (χ0n) is 15.2. The predicted molar refractivity (Wildman–Crippen MR) is 112 cm³/mol. The van der Waals surface area contributed by atoms with Gasteiger partial charge >= 0.3 is 0 Å². The van der Waals surface area contributed by atoms with E-state index in [0.717, 1.165) is 4.90 Å². The summed E-state index contributed by atoms with van der Waals surface area (Å²) in [6, 6.07) is 11.2. The Morgan fingerprint density at radius 3 is 2.61 bits per heavy atom. The molecule has 3 rings (SSSR count). The van der Waals surface area contributed by atoms with E-state index in [-0.39, 0.29) is 22.5 Å². The predicted octanol–water partition coefficient (Wildman–Crippen LogP) is 3.96. The zero-order valence-corrected chi connectivity index (χ0v) is 17.6. The van der Waals surface area contributed by atoms with Gasteiger partial charge in [0.2, 0.25) is 11.8 Å². The second-order valence-corrected chi connectivity index (χ2v) is 10.7. The van der Waals surface area contributed by atoms with Gasteiger partial charge in [-0.2, -0.15) is 0 Å². The number of carbonyl (C=O) groups is 2. The lowest BCUT2D eigenvalue weighted by Crippen LogP contribution is -2.27. The van der Waals surface area contributed by atoms with Crippen molar-refractivity contribution in [3.8, 4) is 0 Å². The lowest BCUT2D eigenvalue weighted by molar-refractivity contribution is -0.116. The quantitative estimate of drug-likeness (QED) is 0.737. The number of sulfone groups is 1. The number of hydrogen-bond acceptors (Lipinski definition) is 5. The third-order valence-corrected chi connectivity index (χ3v) is 7.91. The number of halogens is 1. The fourth-order valence-corrected chi connectivity index (χ4v) is 5.14. The van der Waals surface area contributed by atoms with Crippen molar-refractivity contribution in [3.63, 3.8) is 0 Å². The van der Waals surface area contributed by atoms with Gasteiger partial charge in [0.05, 0.1) is 21.1 Å². The molecule has 0 radical (unpaired) electrons. The van der Waals surface area contributed by atoms with Crippen LogP contribution >= 0.6 is 23.4 Å². The van der Waals surface area contributed by atoms with E-state index in [2.05, 4.69) is 10.6 Å². The maximum Gasteiger partial charge on any atom is 0.237 e. The number of nitrogens with one attached hydrogen (secondary N) is 2. The lowest BCUT2D eigenvalue weighted by atomic mass is 10.3. The first-order chi connectivity index (χ1) is 13.2. The molecule has 0 saturated heterocycles. The van der Waals surface area contributed by atoms with Crippen LogP contribution in [-0.4, -0.2) is 30.7 Å². The average Bonchev–Trinajstić information content (AvgIpc) is 2.64. The minimum atomic E-state index is -3.74. The van der Waals surface area contributed by atoms with Gasteiger partial charge in [-0.05, 0) is 56.3 Å². The van der Waals surface area contributed by atoms with Crippen LogP contribution in [0.1, 0.15) is 20.3 Å². The standard InChI is InChI=1S/C19H19ClN2O4S2/c1-11(9-18(23)21-14-5-3-13(20)4-6-14)28(25,26)15-7-8-17-16(10-15)22-19(24)12(2)27-17/h3-8,10-12H,9H2,1-2H3,(H,21,23)(H,22,24)/t11-,12-/m0/s1. The number of anilines is 2. The molecule has 0 unspecified atom stereocenters. The van der Waals surface area contributed by atoms with Crippen molar-refractivity contribution in [2.24, 2.45) is 0 Å². The number of rotatable bonds is 5. The smallest absolute Gasteiger partial charge is 0.237 e. The normalized spacial score (nSPS) is 17.4. The van der Waals surface area contributed by atoms with Gasteiger partial charge in [0.15, 0.2) is 9.84 Å². The van der Waals surface area contributed by atoms with Crippen molar-refractivity contribution >= 4 is 56.4 Å². The molecule has 2 atom stereocenters. The summed E-state index contributed by atoms with van der Waals surface area (Å²) < 4.78 is 25.8. The van der Waals surface area contributed by atoms with Crippen molar-refractivity contribution < 1.29 is 18.0 Å². The van der Waals surface area contributed by atoms with E-state index < -0.39 is 21.0 Å². The van der Waals surface area contributed by atoms with E-state index in [4.69, 9.17) is 11.6 Å². The molecule has 0 saturated carbocycles. The molecule has 2 aromatic rings. The molecule has 1 aliphatic heterocycles. The monoisotopic (exact) mass is 438 g/mol. The van der Waals surface area contributed by atoms with Crippen LogP contribution in [0.25, 0.3) is 0 Å². The first kappa shape index (κ1) is 20.7. The molecule has 2 N–H and O–H groups in total. The van der Waals surface area contributed by atoms with Crippen LogP contribution < -0.4 is 10.6 Å². The SMILES string of the molecule is C[C@@H]1Sc2ccc(S(=O)(=O)[C@@H](C)CC(=O)Nc3ccc(Cl)cc3)cc2NC1=O. The summed E-state index contributed by atoms with van der Waals surface area (Å²) >= 11 is 7.19. The van der Waals surface area contributed by atoms with Gasteiger partial charge in [0, 0.05) is 22.0 Å². The third-order valence-electron chi connectivity index (χ3n) is 4.34. The second-order valence-electron chi connectivity index (χ2n) is 6.52. The van der Waals surface area contributed by atoms with Gasteiger partial charge in [-0.25, -0.2) is 8.42 Å². The van der Waals surface area contributed by atoms with Gasteiger partial charge < -0.3 is 10.6 Å². The van der Waals surface area contributed by atoms with Crippen molar-refractivity contribution in [3.05, 3.63) is 47.5 Å². The summed E-state index contributed by atoms with van der Waals surface area (Å²) in [6.07, 6.45) is -0.194. The van der Waals surface area contributed by atoms with Gasteiger partial charge in [-0.15, -0.1) is 11.8 Å². The molecule has 148 valence electrons. The number of hydrogen-bond donors (Lipinski definition) is 2. The number of carbonyl (C=O) groups excluding carboxylic acids is 2. The van der Waals surface area contributed by atoms with E-state index in [1.54, 1.807) is 37.3 Å². The third kappa shape index (κ3) is 4.51. The molecule has 2 aromatic carbocycles. The zero-order chi connectivity index (χ0) is 20.5. The van der Waals surface area contributed by atoms with Crippen molar-refractivity contribution in [1.29, 1.82) is 0 Å². The number of thioether (sulfide) groups is 1. The van der Waals surface area contributed by atoms with Gasteiger partial charge in [-0.1, -0.05) is 11.6 Å². The summed E-state index contributed by atoms with van der Waals surface area (Å²) in [7, 11) is -3.74. The van der Waals surface area contributed by atoms with Crippen molar-refractivity contribution in [1.82, 2.24) is 0 Å². The molecule has 28 heavy (non-hydrogen) atoms. The van der Waals surface area contributed by atoms with Gasteiger partial charge in [0.25, 0.3) is 0 Å². The molecule has 2 amide bonds. The molecule has 0 bridgehead atoms. The van der Waals surface area contributed by atoms with E-state index in [0.29, 0.717) is 16.4 Å². The Morgan fingerprint density at radius 2 is 1.93 bits per heavy atom. The van der Waals surface area contributed by atoms with E-state index >= 15 is 0 Å². The topological polar surface area (TPSA) is 92.3 Å². The largest absolute Gasteiger partial charge is 0.326 e. The van der Waals surface area contributed by atoms with Crippen LogP contribution in [-0.2, 0) is 19.4 Å². The van der Waals surface area contributed by atoms with Crippen LogP contribution in [0.4, 0.5) is 11.4 Å². The van der Waals surface area contributed by atoms with Crippen LogP contribution in [0, 0.1) is 0 Å². The Morgan fingerprint density at radius 1 is 1.25 bits per heavy atom. The minimum Gasteiger partial charge on any atom is -0.326 e. The fourth-order valence-electron chi connectivity index (χ4n) is 2.71. The number of amides is 2. The Hall–Kier alpha value is -2.03. The molecule has 6 nitrogen and oxygen atoms in total. The highest BCUT2D eigenvalue weighted by molar-refractivity contribution is 8.01. The molecular formula is C19H19ClN2O4S2. The Balaban J connectivity index is 1.73. The minimum absolute atomic E-state index is 0.0773. The second kappa shape index (κ2) is 8.14. The first-order valence-electron chi connectivity index (χ1n) is 8.57. The summed E-state index contributed by atoms with van der Waals surface area (Å²) in [4.78, 5) is 25.0. The summed E-state index contributed by atoms with van der Waals surface area (Å²) in [5.41, 5.74) is 1.02. The molecule has 0 aromatic heterocycles. The average molecular weight is 439 g/mol. The lowest BCUT2D eigenvalue weighted by Gasteiger charge is -2.22. The molecule has 0 aliphatic carbocycles. The highest BCUT2D eigenvalue weighted by Crippen LogP contribution is 2.37. The van der Waals surface area contributed by atoms with Crippen LogP contribution in [0.3, 0.4) is 0 Å². The Bertz CT molecular complexity index is 1020. The van der Waals surface area contributed by atoms with Gasteiger partial charge in [0.1, 0.15) is 0 Å². The first-order valence-corrected chi connectivity index (χ1v) is 11.4. The van der Waals surface area contributed by atoms with E-state index in [1.165, 1.54) is 30.8 Å². The maximum absolute atomic E-state index is 12.9. The molecular weight excluding hydrogens is 420 g/mol. The highest BCUT2D eigenvalue weighted by Gasteiger charge is 2.29. The van der Waals surface area contributed by atoms with Crippen molar-refractivity contribution in [2.75, 3.05) is 10.6 Å². The number of fused-ring (bicyclic) bond motifs is 1. The fraction of sp³-hybridized carbons (Fsp3) is 0.263. The number of benzene rings is 2. The van der Waals surface area contributed by atoms with Gasteiger partial charge in [-0.3, -0.25) is 9.59 Å². The molecule has 0 fully saturated rings. The molecule has 9 heteroatoms. The summed E-state index contributed by atoms with van der Waals surface area (Å²) in [5.74, 6) is -0.573. The van der Waals surface area contributed by atoms with E-state index in [1.807, 2.05) is 0 Å². The Kier molecular flexibility index (Phi) is 6.02. The van der Waals surface area contributed by atoms with Crippen LogP contribution in [0.15, 0.2) is 52.3 Å². The van der Waals surface area contributed by atoms with E-state index in [9.17, 15) is 18.0 Å². The molecule has 0 spiro atoms. The highest BCUT2D eigenvalue weighted by atomic mass is 35.5. The summed E-state index contributed by atoms with van der Waals surface area (Å²) in [6.45, 7) is 3.28. The van der Waals surface area contributed by atoms with Crippen molar-refractivity contribution in [2.45, 2.75) is 40.6 Å². The summed E-state index contributed by atoms with van der Waals surface area (Å²) in [5, 5.41) is 4.77. The van der Waals surface area contributed by atoms with Crippen LogP contribution in [0.5, 0.6) is 0 Å². The molecule has 1 aliphatic rings. The Labute approximate surface area is 173 Å². The van der Waals surface area contributed by atoms with Crippen LogP contribution in [0.2, 0.25) is 5.02 Å². The maximum atomic E-state index is 12.9. The molecule has 1 heterocycles.